The van der Waals surface area contributed by atoms with Crippen molar-refractivity contribution in [3.8, 4) is 0 Å². The lowest BCUT2D eigenvalue weighted by molar-refractivity contribution is -0.0469. The third-order valence-electron chi connectivity index (χ3n) is 16.8. The van der Waals surface area contributed by atoms with Crippen LogP contribution in [-0.4, -0.2) is 16.5 Å². The summed E-state index contributed by atoms with van der Waals surface area (Å²) in [5.74, 6) is 3.25. The molecule has 2 nitrogen and oxygen atoms in total. The molecule has 0 aliphatic heterocycles. The molecule has 0 aromatic heterocycles. The monoisotopic (exact) mass is 694 g/mol. The Bertz CT molecular complexity index is 3280. The molecular formula is C52H38O2. The van der Waals surface area contributed by atoms with Crippen molar-refractivity contribution in [3.63, 3.8) is 0 Å². The molecule has 258 valence electrons. The third kappa shape index (κ3) is 2.76. The Labute approximate surface area is 312 Å². The van der Waals surface area contributed by atoms with Gasteiger partial charge in [-0.3, -0.25) is 0 Å². The maximum Gasteiger partial charge on any atom is 0.151 e. The largest absolute Gasteiger partial charge is 0.368 e. The molecule has 8 aliphatic carbocycles. The summed E-state index contributed by atoms with van der Waals surface area (Å²) in [7, 11) is 0. The predicted molar refractivity (Wildman–Crippen MR) is 219 cm³/mol. The van der Waals surface area contributed by atoms with Gasteiger partial charge in [0.25, 0.3) is 0 Å². The number of hydrogen-bond donors (Lipinski definition) is 2. The van der Waals surface area contributed by atoms with Gasteiger partial charge in [0.15, 0.2) is 6.29 Å². The fourth-order valence-corrected chi connectivity index (χ4v) is 15.4. The van der Waals surface area contributed by atoms with Gasteiger partial charge in [-0.05, 0) is 213 Å². The smallest absolute Gasteiger partial charge is 0.151 e. The number of aliphatic hydroxyl groups excluding tert-OH is 1. The molecule has 0 spiro atoms. The number of allylic oxidation sites excluding steroid dienone is 6. The van der Waals surface area contributed by atoms with Crippen molar-refractivity contribution in [1.29, 1.82) is 0 Å². The van der Waals surface area contributed by atoms with E-state index in [9.17, 15) is 10.2 Å². The van der Waals surface area contributed by atoms with Gasteiger partial charge in [-0.1, -0.05) is 66.3 Å². The van der Waals surface area contributed by atoms with E-state index in [0.717, 1.165) is 32.1 Å². The van der Waals surface area contributed by atoms with Crippen molar-refractivity contribution in [2.24, 2.45) is 17.8 Å². The Morgan fingerprint density at radius 2 is 1.50 bits per heavy atom. The van der Waals surface area contributed by atoms with Crippen molar-refractivity contribution >= 4 is 75.8 Å². The highest BCUT2D eigenvalue weighted by Gasteiger charge is 2.54. The Kier molecular flexibility index (Phi) is 4.47. The summed E-state index contributed by atoms with van der Waals surface area (Å²) in [6.07, 6.45) is 14.7. The highest BCUT2D eigenvalue weighted by Crippen LogP contribution is 2.73. The van der Waals surface area contributed by atoms with E-state index in [-0.39, 0.29) is 0 Å². The van der Waals surface area contributed by atoms with E-state index in [0.29, 0.717) is 47.8 Å². The van der Waals surface area contributed by atoms with Crippen molar-refractivity contribution in [3.05, 3.63) is 128 Å². The van der Waals surface area contributed by atoms with E-state index < -0.39 is 6.29 Å². The Morgan fingerprint density at radius 3 is 2.41 bits per heavy atom. The quantitative estimate of drug-likeness (QED) is 0.103. The molecule has 16 rings (SSSR count). The second-order valence-corrected chi connectivity index (χ2v) is 18.9. The molecule has 2 N–H and O–H groups in total. The first kappa shape index (κ1) is 27.8. The van der Waals surface area contributed by atoms with Gasteiger partial charge in [0.1, 0.15) is 0 Å². The maximum atomic E-state index is 9.89. The van der Waals surface area contributed by atoms with Crippen LogP contribution in [0.5, 0.6) is 0 Å². The Hall–Kier alpha value is -4.76. The van der Waals surface area contributed by atoms with Crippen molar-refractivity contribution in [2.75, 3.05) is 0 Å². The number of aliphatic hydroxyl groups is 2. The van der Waals surface area contributed by atoms with Crippen LogP contribution < -0.4 is 5.22 Å². The molecule has 7 atom stereocenters. The summed E-state index contributed by atoms with van der Waals surface area (Å²) in [5.41, 5.74) is 18.2. The lowest BCUT2D eigenvalue weighted by Crippen LogP contribution is -2.22. The topological polar surface area (TPSA) is 40.5 Å². The predicted octanol–water partition coefficient (Wildman–Crippen LogP) is 10.9. The van der Waals surface area contributed by atoms with Crippen molar-refractivity contribution in [1.82, 2.24) is 0 Å². The Balaban J connectivity index is 1.08. The van der Waals surface area contributed by atoms with Crippen LogP contribution in [-0.2, 0) is 6.42 Å². The van der Waals surface area contributed by atoms with Gasteiger partial charge in [-0.25, -0.2) is 0 Å². The van der Waals surface area contributed by atoms with Crippen LogP contribution in [0.3, 0.4) is 0 Å². The zero-order valence-corrected chi connectivity index (χ0v) is 30.1. The lowest BCUT2D eigenvalue weighted by atomic mass is 9.66. The Morgan fingerprint density at radius 1 is 0.648 bits per heavy atom. The molecule has 2 heteroatoms. The average molecular weight is 695 g/mol. The molecule has 0 heterocycles. The van der Waals surface area contributed by atoms with Gasteiger partial charge < -0.3 is 10.2 Å². The molecule has 0 radical (unpaired) electrons. The maximum absolute atomic E-state index is 9.89. The minimum atomic E-state index is -1.24. The average Bonchev–Trinajstić information content (AvgIpc) is 4.01. The van der Waals surface area contributed by atoms with E-state index in [1.54, 1.807) is 115 Å². The number of benzene rings is 5. The van der Waals surface area contributed by atoms with Crippen LogP contribution >= 0.6 is 0 Å². The van der Waals surface area contributed by atoms with E-state index in [4.69, 9.17) is 0 Å². The summed E-state index contributed by atoms with van der Waals surface area (Å²) in [6, 6.07) is 21.9. The van der Waals surface area contributed by atoms with E-state index >= 15 is 0 Å². The van der Waals surface area contributed by atoms with Gasteiger partial charge in [-0.2, -0.15) is 0 Å². The summed E-state index contributed by atoms with van der Waals surface area (Å²) >= 11 is 0. The van der Waals surface area contributed by atoms with Crippen LogP contribution in [0.15, 0.2) is 84.0 Å². The second-order valence-electron chi connectivity index (χ2n) is 18.9. The fourth-order valence-electron chi connectivity index (χ4n) is 15.4. The molecule has 0 amide bonds. The highest BCUT2D eigenvalue weighted by atomic mass is 16.5. The summed E-state index contributed by atoms with van der Waals surface area (Å²) in [6.45, 7) is 0. The first-order chi connectivity index (χ1) is 26.6. The fraction of sp³-hybridized carbons (Fsp3) is 0.308. The van der Waals surface area contributed by atoms with Gasteiger partial charge in [0.2, 0.25) is 0 Å². The first-order valence-corrected chi connectivity index (χ1v) is 21.0. The molecule has 1 saturated carbocycles. The molecule has 1 fully saturated rings. The normalized spacial score (nSPS) is 28.6. The number of fused-ring (bicyclic) bond motifs is 1. The second kappa shape index (κ2) is 8.70. The van der Waals surface area contributed by atoms with Gasteiger partial charge >= 0.3 is 0 Å². The molecule has 8 aromatic rings. The van der Waals surface area contributed by atoms with Crippen LogP contribution in [0.1, 0.15) is 108 Å². The molecule has 7 unspecified atom stereocenters. The molecule has 0 saturated heterocycles. The summed E-state index contributed by atoms with van der Waals surface area (Å²) < 4.78 is 0. The minimum absolute atomic E-state index is 0.357. The zero-order valence-electron chi connectivity index (χ0n) is 30.1. The van der Waals surface area contributed by atoms with E-state index in [1.165, 1.54) is 29.2 Å². The summed E-state index contributed by atoms with van der Waals surface area (Å²) in [5, 5.41) is 40.6. The van der Waals surface area contributed by atoms with Gasteiger partial charge in [-0.15, -0.1) is 0 Å². The summed E-state index contributed by atoms with van der Waals surface area (Å²) in [4.78, 5) is 0. The first-order valence-electron chi connectivity index (χ1n) is 21.0. The van der Waals surface area contributed by atoms with Crippen LogP contribution in [0, 0.1) is 17.8 Å². The molecule has 4 bridgehead atoms. The molecular weight excluding hydrogens is 657 g/mol. The lowest BCUT2D eigenvalue weighted by Gasteiger charge is -2.36. The molecule has 54 heavy (non-hydrogen) atoms. The SMILES string of the molecule is OC(O)CCCC(c1ccccc1)C1C/C=C/C2CC3=CC4Cc5cc6cc7cc8c9c%10c7c7c6c5c5c6c%11c%12c(cc(c%12c%10c67)C9CC=8C1)C2C3=C%11C54. The third-order valence-corrected chi connectivity index (χ3v) is 16.8. The van der Waals surface area contributed by atoms with Crippen molar-refractivity contribution < 1.29 is 10.2 Å². The zero-order chi connectivity index (χ0) is 34.6. The van der Waals surface area contributed by atoms with Gasteiger partial charge in [0, 0.05) is 17.8 Å². The van der Waals surface area contributed by atoms with Crippen LogP contribution in [0.2, 0.25) is 0 Å². The van der Waals surface area contributed by atoms with E-state index in [2.05, 4.69) is 72.8 Å². The minimum Gasteiger partial charge on any atom is -0.368 e. The highest BCUT2D eigenvalue weighted by molar-refractivity contribution is 6.51. The van der Waals surface area contributed by atoms with Crippen molar-refractivity contribution in [2.45, 2.75) is 81.3 Å². The van der Waals surface area contributed by atoms with Gasteiger partial charge in [0.05, 0.1) is 0 Å². The molecule has 8 aromatic carbocycles. The number of rotatable bonds is 6. The van der Waals surface area contributed by atoms with E-state index in [1.807, 2.05) is 0 Å². The van der Waals surface area contributed by atoms with Crippen LogP contribution in [0.25, 0.3) is 75.8 Å². The standard InChI is InChI=1S/C52H38O2/c53-35(54)11-5-10-30(21-6-2-1-3-7-21)22-8-4-9-23-13-25-14-28-16-26-15-27-17-29-19-31-24(12-22)18-32-33-20-34-36(23)37(25)45-40(28)46-38(26)39(27)47-41(29)48(42(31)32)49-43(33)44(34)50(45)52(46)51(47)49/h1-4,6-7,9,14-15,17,19-20,22-23,28,30,32,35-36,40,53-54H,5,8,10-13,16,18H2/b9-4+. The number of hydrogen-bond acceptors (Lipinski definition) is 2. The van der Waals surface area contributed by atoms with Crippen LogP contribution in [0.4, 0.5) is 0 Å². The molecule has 8 aliphatic rings.